The van der Waals surface area contributed by atoms with E-state index in [0.29, 0.717) is 22.7 Å². The molecule has 0 N–H and O–H groups in total. The molecule has 1 aliphatic rings. The van der Waals surface area contributed by atoms with Crippen LogP contribution in [-0.2, 0) is 0 Å². The van der Waals surface area contributed by atoms with Gasteiger partial charge >= 0.3 is 57.7 Å². The van der Waals surface area contributed by atoms with Crippen LogP contribution in [0.5, 0.6) is 5.75 Å². The summed E-state index contributed by atoms with van der Waals surface area (Å²) in [4.78, 5) is 7.42. The maximum atomic E-state index is 13.7. The number of hydrogen-bond acceptors (Lipinski definition) is 4. The van der Waals surface area contributed by atoms with Crippen molar-refractivity contribution in [2.45, 2.75) is 6.30 Å². The molecule has 0 fully saturated rings. The summed E-state index contributed by atoms with van der Waals surface area (Å²) in [6.07, 6.45) is -3.25. The molecule has 33 heavy (non-hydrogen) atoms. The van der Waals surface area contributed by atoms with Crippen LogP contribution >= 0.6 is 11.6 Å². The minimum Gasteiger partial charge on any atom is -0.557 e. The Balaban J connectivity index is 0.00000306. The number of benzene rings is 3. The van der Waals surface area contributed by atoms with E-state index in [2.05, 4.69) is 5.48 Å². The zero-order valence-electron chi connectivity index (χ0n) is 18.2. The third-order valence-corrected chi connectivity index (χ3v) is 5.03. The number of alkyl halides is 3. The summed E-state index contributed by atoms with van der Waals surface area (Å²) in [7, 11) is 3.85. The Kier molecular flexibility index (Phi) is 8.25. The Hall–Kier alpha value is -1.88. The first-order valence-corrected chi connectivity index (χ1v) is 10.0. The van der Waals surface area contributed by atoms with Gasteiger partial charge < -0.3 is 15.2 Å². The van der Waals surface area contributed by atoms with Gasteiger partial charge in [0, 0.05) is 31.4 Å². The molecule has 1 heterocycles. The molecule has 166 valence electrons. The number of rotatable bonds is 7. The zero-order valence-corrected chi connectivity index (χ0v) is 22.1. The minimum atomic E-state index is -4.65. The number of nitrogens with zero attached hydrogens (tertiary/aromatic N) is 4. The fourth-order valence-corrected chi connectivity index (χ4v) is 3.29. The standard InChI is InChI=1S/C23H19ClF3N4O.K/c1-29(2)18-6-5-7-19(14-18)32-28-17-12-10-16(11-13-17)22-15-30(22)31(23(25,26)27)21-9-4-3-8-20(21)24;/h3-15H,1-2H3;/q-1;+1. The van der Waals surface area contributed by atoms with Gasteiger partial charge in [0.1, 0.15) is 5.75 Å². The van der Waals surface area contributed by atoms with Gasteiger partial charge in [-0.2, -0.15) is 5.01 Å². The normalized spacial score (nSPS) is 12.4. The van der Waals surface area contributed by atoms with Crippen LogP contribution in [0.25, 0.3) is 11.2 Å². The summed E-state index contributed by atoms with van der Waals surface area (Å²) in [5.74, 6) is 0.580. The van der Waals surface area contributed by atoms with Crippen LogP contribution in [0.2, 0.25) is 5.02 Å². The first-order chi connectivity index (χ1) is 15.2. The third-order valence-electron chi connectivity index (χ3n) is 4.71. The Morgan fingerprint density at radius 3 is 2.27 bits per heavy atom. The Labute approximate surface area is 237 Å². The molecule has 0 aromatic heterocycles. The van der Waals surface area contributed by atoms with Gasteiger partial charge in [0.05, 0.1) is 22.6 Å². The van der Waals surface area contributed by atoms with Crippen LogP contribution in [0.1, 0.15) is 5.56 Å². The molecule has 0 atom stereocenters. The van der Waals surface area contributed by atoms with Crippen molar-refractivity contribution >= 4 is 34.4 Å². The zero-order chi connectivity index (χ0) is 22.9. The van der Waals surface area contributed by atoms with Gasteiger partial charge in [0.25, 0.3) is 0 Å². The van der Waals surface area contributed by atoms with E-state index in [-0.39, 0.29) is 67.1 Å². The van der Waals surface area contributed by atoms with Crippen molar-refractivity contribution in [3.8, 4) is 5.75 Å². The second kappa shape index (κ2) is 10.6. The molecule has 0 bridgehead atoms. The molecule has 0 unspecified atom stereocenters. The van der Waals surface area contributed by atoms with Crippen LogP contribution in [-0.4, -0.2) is 25.4 Å². The van der Waals surface area contributed by atoms with Gasteiger partial charge in [0.2, 0.25) is 0 Å². The third kappa shape index (κ3) is 6.17. The average molecular weight is 499 g/mol. The predicted molar refractivity (Wildman–Crippen MR) is 121 cm³/mol. The molecule has 1 aliphatic heterocycles. The van der Waals surface area contributed by atoms with E-state index in [1.54, 1.807) is 36.4 Å². The molecule has 0 saturated heterocycles. The van der Waals surface area contributed by atoms with Crippen molar-refractivity contribution in [2.75, 3.05) is 24.0 Å². The topological polar surface area (TPSA) is 32.8 Å². The number of halogens is 4. The maximum Gasteiger partial charge on any atom is 1.00 e. The van der Waals surface area contributed by atoms with E-state index in [1.165, 1.54) is 24.4 Å². The van der Waals surface area contributed by atoms with E-state index < -0.39 is 6.30 Å². The molecule has 0 radical (unpaired) electrons. The molecular weight excluding hydrogens is 480 g/mol. The number of para-hydroxylation sites is 1. The first kappa shape index (κ1) is 25.7. The van der Waals surface area contributed by atoms with E-state index in [4.69, 9.17) is 16.4 Å². The SMILES string of the molecule is CN(C)c1cccc(O[N-]c2ccc(C3=CN3N(c3ccccc3Cl)C(F)(F)F)cc2)c1.[K+]. The molecule has 4 rings (SSSR count). The van der Waals surface area contributed by atoms with E-state index in [9.17, 15) is 13.2 Å². The minimum absolute atomic E-state index is 0. The van der Waals surface area contributed by atoms with Gasteiger partial charge in [0.15, 0.2) is 0 Å². The number of hydrogen-bond donors (Lipinski definition) is 0. The summed E-state index contributed by atoms with van der Waals surface area (Å²) in [6.45, 7) is 0. The van der Waals surface area contributed by atoms with Gasteiger partial charge in [-0.15, -0.1) is 18.9 Å². The number of hydrazine groups is 1. The fraction of sp³-hybridized carbons (Fsp3) is 0.130. The second-order valence-corrected chi connectivity index (χ2v) is 7.62. The Bertz CT molecular complexity index is 1140. The van der Waals surface area contributed by atoms with Crippen molar-refractivity contribution in [1.82, 2.24) is 5.01 Å². The average Bonchev–Trinajstić information content (AvgIpc) is 3.53. The second-order valence-electron chi connectivity index (χ2n) is 7.21. The van der Waals surface area contributed by atoms with Crippen LogP contribution < -0.4 is 66.1 Å². The van der Waals surface area contributed by atoms with Crippen LogP contribution in [0, 0.1) is 0 Å². The summed E-state index contributed by atoms with van der Waals surface area (Å²) < 4.78 is 41.2. The van der Waals surface area contributed by atoms with Gasteiger partial charge in [-0.3, -0.25) is 0 Å². The molecule has 3 aromatic rings. The van der Waals surface area contributed by atoms with Crippen molar-refractivity contribution in [2.24, 2.45) is 0 Å². The van der Waals surface area contributed by atoms with Crippen LogP contribution in [0.4, 0.5) is 30.2 Å². The fourth-order valence-electron chi connectivity index (χ4n) is 3.07. The monoisotopic (exact) mass is 498 g/mol. The van der Waals surface area contributed by atoms with Crippen molar-refractivity contribution in [3.05, 3.63) is 95.1 Å². The summed E-state index contributed by atoms with van der Waals surface area (Å²) >= 11 is 6.00. The number of anilines is 2. The van der Waals surface area contributed by atoms with Gasteiger partial charge in [-0.25, -0.2) is 5.01 Å². The van der Waals surface area contributed by atoms with Gasteiger partial charge in [-0.05, 0) is 24.3 Å². The van der Waals surface area contributed by atoms with Crippen LogP contribution in [0.3, 0.4) is 0 Å². The van der Waals surface area contributed by atoms with E-state index in [0.717, 1.165) is 10.7 Å². The Morgan fingerprint density at radius 1 is 0.939 bits per heavy atom. The van der Waals surface area contributed by atoms with Crippen molar-refractivity contribution < 1.29 is 69.4 Å². The molecular formula is C23H19ClF3KN4O. The van der Waals surface area contributed by atoms with E-state index >= 15 is 0 Å². The Morgan fingerprint density at radius 2 is 1.64 bits per heavy atom. The molecule has 0 spiro atoms. The molecule has 5 nitrogen and oxygen atoms in total. The first-order valence-electron chi connectivity index (χ1n) is 9.62. The molecule has 10 heteroatoms. The molecule has 0 amide bonds. The van der Waals surface area contributed by atoms with Gasteiger partial charge in [-0.1, -0.05) is 54.1 Å². The van der Waals surface area contributed by atoms with Crippen molar-refractivity contribution in [1.29, 1.82) is 0 Å². The van der Waals surface area contributed by atoms with Crippen LogP contribution in [0.15, 0.2) is 79.0 Å². The largest absolute Gasteiger partial charge is 1.00 e. The maximum absolute atomic E-state index is 13.7. The summed E-state index contributed by atoms with van der Waals surface area (Å²) in [5, 5.41) is 1.24. The molecule has 0 saturated carbocycles. The van der Waals surface area contributed by atoms with Crippen molar-refractivity contribution in [3.63, 3.8) is 0 Å². The van der Waals surface area contributed by atoms with E-state index in [1.807, 2.05) is 37.2 Å². The summed E-state index contributed by atoms with van der Waals surface area (Å²) in [5.41, 5.74) is 6.48. The molecule has 0 aliphatic carbocycles. The smallest absolute Gasteiger partial charge is 0.557 e. The summed E-state index contributed by atoms with van der Waals surface area (Å²) in [6, 6.07) is 20.0. The molecule has 3 aromatic carbocycles. The quantitative estimate of drug-likeness (QED) is 0.280. The predicted octanol–water partition coefficient (Wildman–Crippen LogP) is 3.96.